The van der Waals surface area contributed by atoms with E-state index in [2.05, 4.69) is 4.90 Å². The van der Waals surface area contributed by atoms with Gasteiger partial charge in [-0.2, -0.15) is 0 Å². The van der Waals surface area contributed by atoms with E-state index in [1.807, 2.05) is 9.80 Å². The Balaban J connectivity index is 1.42. The third kappa shape index (κ3) is 6.05. The third-order valence-electron chi connectivity index (χ3n) is 5.97. The molecule has 3 rings (SSSR count). The van der Waals surface area contributed by atoms with E-state index in [1.54, 1.807) is 11.8 Å². The topological polar surface area (TPSA) is 82.6 Å². The number of piperidine rings is 1. The molecule has 3 heterocycles. The maximum absolute atomic E-state index is 13.0. The van der Waals surface area contributed by atoms with Crippen LogP contribution < -0.4 is 0 Å². The number of hydrogen-bond acceptors (Lipinski definition) is 6. The number of amides is 3. The summed E-state index contributed by atoms with van der Waals surface area (Å²) in [6, 6.07) is 0. The van der Waals surface area contributed by atoms with E-state index in [0.29, 0.717) is 58.7 Å². The number of carbonyl (C=O) groups excluding carboxylic acids is 3. The van der Waals surface area contributed by atoms with Gasteiger partial charge in [0.15, 0.2) is 0 Å². The predicted octanol–water partition coefficient (Wildman–Crippen LogP) is 0.248. The van der Waals surface area contributed by atoms with Gasteiger partial charge in [0.05, 0.1) is 25.7 Å². The summed E-state index contributed by atoms with van der Waals surface area (Å²) in [4.78, 5) is 44.8. The van der Waals surface area contributed by atoms with Gasteiger partial charge < -0.3 is 24.2 Å². The monoisotopic (exact) mass is 410 g/mol. The maximum Gasteiger partial charge on any atom is 0.409 e. The van der Waals surface area contributed by atoms with Crippen molar-refractivity contribution in [1.29, 1.82) is 0 Å². The Bertz CT molecular complexity index is 573. The predicted molar refractivity (Wildman–Crippen MR) is 106 cm³/mol. The molecule has 0 radical (unpaired) electrons. The van der Waals surface area contributed by atoms with E-state index in [9.17, 15) is 14.4 Å². The zero-order valence-electron chi connectivity index (χ0n) is 17.5. The number of rotatable bonds is 6. The molecule has 9 heteroatoms. The van der Waals surface area contributed by atoms with Gasteiger partial charge in [-0.15, -0.1) is 0 Å². The van der Waals surface area contributed by atoms with Crippen LogP contribution in [0.4, 0.5) is 4.79 Å². The van der Waals surface area contributed by atoms with Crippen LogP contribution in [0.1, 0.15) is 26.2 Å². The van der Waals surface area contributed by atoms with Crippen molar-refractivity contribution in [3.63, 3.8) is 0 Å². The lowest BCUT2D eigenvalue weighted by molar-refractivity contribution is -0.144. The van der Waals surface area contributed by atoms with Gasteiger partial charge in [-0.25, -0.2) is 4.79 Å². The van der Waals surface area contributed by atoms with Gasteiger partial charge in [-0.3, -0.25) is 14.5 Å². The molecule has 0 aromatic carbocycles. The van der Waals surface area contributed by atoms with Crippen LogP contribution in [-0.4, -0.2) is 116 Å². The van der Waals surface area contributed by atoms with Crippen LogP contribution in [0.5, 0.6) is 0 Å². The van der Waals surface area contributed by atoms with Crippen molar-refractivity contribution in [2.24, 2.45) is 5.92 Å². The summed E-state index contributed by atoms with van der Waals surface area (Å²) in [6.45, 7) is 9.84. The van der Waals surface area contributed by atoms with Gasteiger partial charge in [0.25, 0.3) is 0 Å². The third-order valence-corrected chi connectivity index (χ3v) is 5.97. The molecule has 3 aliphatic rings. The summed E-state index contributed by atoms with van der Waals surface area (Å²) >= 11 is 0. The Morgan fingerprint density at radius 3 is 2.41 bits per heavy atom. The van der Waals surface area contributed by atoms with Gasteiger partial charge in [0.1, 0.15) is 0 Å². The molecule has 164 valence electrons. The molecule has 9 nitrogen and oxygen atoms in total. The van der Waals surface area contributed by atoms with Gasteiger partial charge in [-0.1, -0.05) is 0 Å². The van der Waals surface area contributed by atoms with Crippen LogP contribution in [0, 0.1) is 5.92 Å². The summed E-state index contributed by atoms with van der Waals surface area (Å²) in [5, 5.41) is 0. The molecule has 3 amide bonds. The molecule has 29 heavy (non-hydrogen) atoms. The van der Waals surface area contributed by atoms with Crippen LogP contribution in [0.15, 0.2) is 0 Å². The summed E-state index contributed by atoms with van der Waals surface area (Å²) in [5.41, 5.74) is 0. The number of nitrogens with zero attached hydrogens (tertiary/aromatic N) is 4. The summed E-state index contributed by atoms with van der Waals surface area (Å²) < 4.78 is 10.4. The fourth-order valence-corrected chi connectivity index (χ4v) is 4.22. The zero-order valence-corrected chi connectivity index (χ0v) is 17.5. The average Bonchev–Trinajstić information content (AvgIpc) is 2.75. The Labute approximate surface area is 172 Å². The minimum atomic E-state index is -0.311. The summed E-state index contributed by atoms with van der Waals surface area (Å²) in [7, 11) is 0. The molecule has 0 saturated carbocycles. The molecule has 0 bridgehead atoms. The van der Waals surface area contributed by atoms with Crippen molar-refractivity contribution < 1.29 is 23.9 Å². The maximum atomic E-state index is 13.0. The second kappa shape index (κ2) is 10.8. The number of likely N-dealkylation sites (tertiary alicyclic amines) is 1. The summed E-state index contributed by atoms with van der Waals surface area (Å²) in [6.07, 6.45) is 1.67. The molecule has 3 fully saturated rings. The minimum absolute atomic E-state index is 0.110. The quantitative estimate of drug-likeness (QED) is 0.624. The number of piperazine rings is 1. The lowest BCUT2D eigenvalue weighted by atomic mass is 9.95. The number of carbonyl (C=O) groups is 3. The molecule has 0 aliphatic carbocycles. The van der Waals surface area contributed by atoms with Crippen molar-refractivity contribution in [3.05, 3.63) is 0 Å². The number of morpholine rings is 1. The minimum Gasteiger partial charge on any atom is -0.450 e. The van der Waals surface area contributed by atoms with E-state index in [-0.39, 0.29) is 23.8 Å². The summed E-state index contributed by atoms with van der Waals surface area (Å²) in [5.74, 6) is 0.132. The van der Waals surface area contributed by atoms with E-state index in [0.717, 1.165) is 39.3 Å². The van der Waals surface area contributed by atoms with Crippen LogP contribution in [-0.2, 0) is 19.1 Å². The van der Waals surface area contributed by atoms with Crippen molar-refractivity contribution in [2.45, 2.75) is 26.2 Å². The second-order valence-corrected chi connectivity index (χ2v) is 7.89. The first-order valence-corrected chi connectivity index (χ1v) is 10.9. The van der Waals surface area contributed by atoms with Gasteiger partial charge in [0.2, 0.25) is 11.8 Å². The Morgan fingerprint density at radius 1 is 1.03 bits per heavy atom. The standard InChI is InChI=1S/C20H34N4O5/c1-2-29-20(27)23-10-8-22(9-11-23)19(26)17-4-5-18(25)24(16-17)7-3-6-21-12-14-28-15-13-21/h17H,2-16H2,1H3/t17-/m1/s1. The molecular formula is C20H34N4O5. The molecule has 0 aromatic heterocycles. The highest BCUT2D eigenvalue weighted by molar-refractivity contribution is 5.84. The van der Waals surface area contributed by atoms with E-state index >= 15 is 0 Å². The second-order valence-electron chi connectivity index (χ2n) is 7.89. The van der Waals surface area contributed by atoms with Crippen molar-refractivity contribution in [1.82, 2.24) is 19.6 Å². The smallest absolute Gasteiger partial charge is 0.409 e. The molecule has 1 atom stereocenters. The average molecular weight is 411 g/mol. The Hall–Kier alpha value is -1.87. The van der Waals surface area contributed by atoms with E-state index in [1.165, 1.54) is 0 Å². The van der Waals surface area contributed by atoms with Crippen LogP contribution in [0.25, 0.3) is 0 Å². The highest BCUT2D eigenvalue weighted by atomic mass is 16.6. The Kier molecular flexibility index (Phi) is 8.11. The van der Waals surface area contributed by atoms with Gasteiger partial charge in [0, 0.05) is 65.3 Å². The molecule has 0 spiro atoms. The number of ether oxygens (including phenoxy) is 2. The van der Waals surface area contributed by atoms with Gasteiger partial charge in [-0.05, 0) is 19.8 Å². The fraction of sp³-hybridized carbons (Fsp3) is 0.850. The van der Waals surface area contributed by atoms with Crippen LogP contribution >= 0.6 is 0 Å². The fourth-order valence-electron chi connectivity index (χ4n) is 4.22. The van der Waals surface area contributed by atoms with Crippen molar-refractivity contribution in [2.75, 3.05) is 78.7 Å². The lowest BCUT2D eigenvalue weighted by Gasteiger charge is -2.38. The first-order valence-electron chi connectivity index (χ1n) is 10.9. The SMILES string of the molecule is CCOC(=O)N1CCN(C(=O)[C@@H]2CCC(=O)N(CCCN3CCOCC3)C2)CC1. The van der Waals surface area contributed by atoms with Gasteiger partial charge >= 0.3 is 6.09 Å². The molecule has 0 unspecified atom stereocenters. The van der Waals surface area contributed by atoms with Crippen molar-refractivity contribution >= 4 is 17.9 Å². The van der Waals surface area contributed by atoms with Crippen LogP contribution in [0.2, 0.25) is 0 Å². The molecule has 3 saturated heterocycles. The van der Waals surface area contributed by atoms with Crippen molar-refractivity contribution in [3.8, 4) is 0 Å². The molecule has 0 N–H and O–H groups in total. The first kappa shape index (κ1) is 21.8. The Morgan fingerprint density at radius 2 is 1.72 bits per heavy atom. The molecular weight excluding hydrogens is 376 g/mol. The van der Waals surface area contributed by atoms with Crippen LogP contribution in [0.3, 0.4) is 0 Å². The highest BCUT2D eigenvalue weighted by Crippen LogP contribution is 2.21. The normalized spacial score (nSPS) is 24.0. The molecule has 3 aliphatic heterocycles. The number of hydrogen-bond donors (Lipinski definition) is 0. The first-order chi connectivity index (χ1) is 14.1. The van der Waals surface area contributed by atoms with E-state index in [4.69, 9.17) is 9.47 Å². The highest BCUT2D eigenvalue weighted by Gasteiger charge is 2.34. The molecule has 0 aromatic rings. The van der Waals surface area contributed by atoms with E-state index < -0.39 is 0 Å². The largest absolute Gasteiger partial charge is 0.450 e. The zero-order chi connectivity index (χ0) is 20.6. The lowest BCUT2D eigenvalue weighted by Crippen LogP contribution is -2.54.